The van der Waals surface area contributed by atoms with Crippen molar-refractivity contribution in [2.45, 2.75) is 39.7 Å². The summed E-state index contributed by atoms with van der Waals surface area (Å²) >= 11 is 5.49. The Hall–Kier alpha value is -2.31. The van der Waals surface area contributed by atoms with Crippen molar-refractivity contribution in [2.24, 2.45) is 11.8 Å². The van der Waals surface area contributed by atoms with Crippen LogP contribution < -0.4 is 20.9 Å². The van der Waals surface area contributed by atoms with Crippen LogP contribution in [0.4, 0.5) is 0 Å². The van der Waals surface area contributed by atoms with Gasteiger partial charge in [-0.25, -0.2) is 5.48 Å². The first-order valence-electron chi connectivity index (χ1n) is 11.6. The third kappa shape index (κ3) is 13.4. The van der Waals surface area contributed by atoms with Gasteiger partial charge in [0.2, 0.25) is 11.8 Å². The molecule has 0 aliphatic rings. The van der Waals surface area contributed by atoms with E-state index in [0.717, 1.165) is 5.56 Å². The van der Waals surface area contributed by atoms with Crippen LogP contribution in [0.25, 0.3) is 0 Å². The number of hydrogen-bond donors (Lipinski definition) is 4. The smallest absolute Gasteiger partial charge is 0.244 e. The molecule has 2 atom stereocenters. The molecule has 0 heterocycles. The molecule has 10 nitrogen and oxygen atoms in total. The van der Waals surface area contributed by atoms with Crippen molar-refractivity contribution in [3.63, 3.8) is 0 Å². The second-order valence-corrected chi connectivity index (χ2v) is 8.77. The molecule has 0 aliphatic carbocycles. The van der Waals surface area contributed by atoms with E-state index in [1.54, 1.807) is 12.6 Å². The van der Waals surface area contributed by atoms with Gasteiger partial charge in [-0.15, -0.1) is 0 Å². The first-order valence-corrected chi connectivity index (χ1v) is 12.0. The molecule has 0 bridgehead atoms. The van der Waals surface area contributed by atoms with Gasteiger partial charge in [-0.2, -0.15) is 0 Å². The number of aryl methyl sites for hydroxylation is 1. The van der Waals surface area contributed by atoms with Crippen molar-refractivity contribution >= 4 is 29.0 Å². The number of rotatable bonds is 18. The lowest BCUT2D eigenvalue weighted by molar-refractivity contribution is -0.135. The largest absolute Gasteiger partial charge is 0.494 e. The third-order valence-corrected chi connectivity index (χ3v) is 5.47. The molecule has 0 saturated heterocycles. The van der Waals surface area contributed by atoms with Crippen molar-refractivity contribution in [3.05, 3.63) is 29.8 Å². The Kier molecular flexibility index (Phi) is 15.8. The number of methoxy groups -OCH3 is 1. The van der Waals surface area contributed by atoms with Crippen LogP contribution in [0.15, 0.2) is 24.3 Å². The highest BCUT2D eigenvalue weighted by molar-refractivity contribution is 7.80. The predicted molar refractivity (Wildman–Crippen MR) is 135 cm³/mol. The van der Waals surface area contributed by atoms with Crippen LogP contribution >= 0.6 is 12.2 Å². The van der Waals surface area contributed by atoms with Crippen molar-refractivity contribution in [3.8, 4) is 5.75 Å². The molecule has 0 aromatic heterocycles. The van der Waals surface area contributed by atoms with Gasteiger partial charge in [-0.1, -0.05) is 43.8 Å². The highest BCUT2D eigenvalue weighted by Crippen LogP contribution is 2.16. The Morgan fingerprint density at radius 3 is 2.37 bits per heavy atom. The number of hydroxylamine groups is 1. The number of thiocarbonyl (C=S) groups is 1. The lowest BCUT2D eigenvalue weighted by Gasteiger charge is -2.26. The summed E-state index contributed by atoms with van der Waals surface area (Å²) in [5.74, 6) is -1.00. The van der Waals surface area contributed by atoms with Gasteiger partial charge in [0, 0.05) is 26.0 Å². The fraction of sp³-hybridized carbons (Fsp3) is 0.625. The molecule has 11 heteroatoms. The minimum Gasteiger partial charge on any atom is -0.494 e. The van der Waals surface area contributed by atoms with Gasteiger partial charge in [0.15, 0.2) is 0 Å². The number of hydrogen-bond acceptors (Lipinski definition) is 8. The highest BCUT2D eigenvalue weighted by Gasteiger charge is 2.27. The molecular formula is C24H39N3O7S. The maximum absolute atomic E-state index is 13.0. The van der Waals surface area contributed by atoms with E-state index in [2.05, 4.69) is 10.6 Å². The zero-order chi connectivity index (χ0) is 26.1. The van der Waals surface area contributed by atoms with E-state index in [9.17, 15) is 9.59 Å². The van der Waals surface area contributed by atoms with E-state index in [1.807, 2.05) is 45.0 Å². The maximum Gasteiger partial charge on any atom is 0.244 e. The van der Waals surface area contributed by atoms with Crippen molar-refractivity contribution in [1.82, 2.24) is 16.1 Å². The topological polar surface area (TPSA) is 127 Å². The molecule has 0 aliphatic heterocycles. The van der Waals surface area contributed by atoms with Gasteiger partial charge in [-0.3, -0.25) is 14.8 Å². The van der Waals surface area contributed by atoms with E-state index < -0.39 is 17.9 Å². The quantitative estimate of drug-likeness (QED) is 0.0766. The summed E-state index contributed by atoms with van der Waals surface area (Å²) in [5.41, 5.74) is 2.70. The monoisotopic (exact) mass is 513 g/mol. The zero-order valence-electron chi connectivity index (χ0n) is 21.0. The van der Waals surface area contributed by atoms with Gasteiger partial charge in [0.25, 0.3) is 0 Å². The summed E-state index contributed by atoms with van der Waals surface area (Å²) in [6, 6.07) is 7.12. The number of nitrogens with one attached hydrogen (secondary N) is 3. The molecule has 0 saturated carbocycles. The fourth-order valence-electron chi connectivity index (χ4n) is 3.03. The van der Waals surface area contributed by atoms with Gasteiger partial charge in [0.1, 0.15) is 12.5 Å². The molecule has 4 N–H and O–H groups in total. The van der Waals surface area contributed by atoms with Gasteiger partial charge < -0.3 is 29.6 Å². The van der Waals surface area contributed by atoms with E-state index in [-0.39, 0.29) is 38.1 Å². The van der Waals surface area contributed by atoms with Crippen LogP contribution in [-0.2, 0) is 23.8 Å². The lowest BCUT2D eigenvalue weighted by atomic mass is 9.97. The minimum atomic E-state index is -0.704. The Labute approximate surface area is 213 Å². The maximum atomic E-state index is 13.0. The summed E-state index contributed by atoms with van der Waals surface area (Å²) in [7, 11) is 1.60. The number of carbonyl (C=O) groups is 2. The lowest BCUT2D eigenvalue weighted by Crippen LogP contribution is -2.51. The standard InChI is InChI=1S/C24H39N3O7S/c1-17(2)22(24(35)25-10-12-32-16-33-14-13-31-4)26-23(29)19(15-21(28)27-30)9-11-34-20-7-5-18(3)6-8-20/h5-8,17,19,22,30H,9-16H2,1-4H3,(H,25,35)(H,26,29)(H,27,28)/t19-,22+/m1/s1. The van der Waals surface area contributed by atoms with Crippen LogP contribution in [0.1, 0.15) is 32.3 Å². The summed E-state index contributed by atoms with van der Waals surface area (Å²) in [4.78, 5) is 25.3. The second-order valence-electron chi connectivity index (χ2n) is 8.33. The van der Waals surface area contributed by atoms with E-state index in [1.165, 1.54) is 0 Å². The number of amides is 2. The Morgan fingerprint density at radius 1 is 1.06 bits per heavy atom. The van der Waals surface area contributed by atoms with Crippen LogP contribution in [0.5, 0.6) is 5.75 Å². The van der Waals surface area contributed by atoms with Gasteiger partial charge >= 0.3 is 0 Å². The van der Waals surface area contributed by atoms with Crippen molar-refractivity contribution < 1.29 is 33.7 Å². The molecule has 35 heavy (non-hydrogen) atoms. The molecule has 1 rings (SSSR count). The third-order valence-electron chi connectivity index (χ3n) is 5.07. The van der Waals surface area contributed by atoms with Crippen molar-refractivity contribution in [2.75, 3.05) is 46.9 Å². The normalized spacial score (nSPS) is 12.6. The van der Waals surface area contributed by atoms with Crippen LogP contribution in [-0.4, -0.2) is 74.9 Å². The SMILES string of the molecule is COCCOCOCCNC(=S)[C@@H](NC(=O)[C@H](CCOc1ccc(C)cc1)CC(=O)NO)C(C)C. The number of carbonyl (C=O) groups excluding carboxylic acids is 2. The molecule has 1 aromatic carbocycles. The molecule has 0 spiro atoms. The Morgan fingerprint density at radius 2 is 1.74 bits per heavy atom. The summed E-state index contributed by atoms with van der Waals surface area (Å²) < 4.78 is 21.2. The molecule has 1 aromatic rings. The first kappa shape index (κ1) is 30.7. The van der Waals surface area contributed by atoms with Crippen LogP contribution in [0.2, 0.25) is 0 Å². The first-order chi connectivity index (χ1) is 16.8. The number of ether oxygens (including phenoxy) is 4. The molecule has 0 unspecified atom stereocenters. The highest BCUT2D eigenvalue weighted by atomic mass is 32.1. The van der Waals surface area contributed by atoms with Gasteiger partial charge in [-0.05, 0) is 31.4 Å². The van der Waals surface area contributed by atoms with Crippen molar-refractivity contribution in [1.29, 1.82) is 0 Å². The summed E-state index contributed by atoms with van der Waals surface area (Å²) in [6.07, 6.45) is 0.108. The fourth-order valence-corrected chi connectivity index (χ4v) is 3.46. The Bertz CT molecular complexity index is 762. The van der Waals surface area contributed by atoms with Gasteiger partial charge in [0.05, 0.1) is 37.5 Å². The van der Waals surface area contributed by atoms with E-state index >= 15 is 0 Å². The minimum absolute atomic E-state index is 0.00775. The Balaban J connectivity index is 2.58. The summed E-state index contributed by atoms with van der Waals surface area (Å²) in [6.45, 7) is 8.03. The summed E-state index contributed by atoms with van der Waals surface area (Å²) in [5, 5.41) is 15.0. The molecule has 198 valence electrons. The molecular weight excluding hydrogens is 474 g/mol. The zero-order valence-corrected chi connectivity index (χ0v) is 21.8. The average molecular weight is 514 g/mol. The predicted octanol–water partition coefficient (Wildman–Crippen LogP) is 1.97. The van der Waals surface area contributed by atoms with E-state index in [4.69, 9.17) is 36.4 Å². The number of benzene rings is 1. The second kappa shape index (κ2) is 18.0. The van der Waals surface area contributed by atoms with E-state index in [0.29, 0.717) is 37.1 Å². The van der Waals surface area contributed by atoms with Crippen LogP contribution in [0, 0.1) is 18.8 Å². The molecule has 2 amide bonds. The molecule has 0 fully saturated rings. The average Bonchev–Trinajstić information content (AvgIpc) is 2.84. The van der Waals surface area contributed by atoms with Crippen LogP contribution in [0.3, 0.4) is 0 Å². The molecule has 0 radical (unpaired) electrons.